The summed E-state index contributed by atoms with van der Waals surface area (Å²) >= 11 is 0. The lowest BCUT2D eigenvalue weighted by Crippen LogP contribution is -2.48. The van der Waals surface area contributed by atoms with Gasteiger partial charge in [-0.25, -0.2) is 0 Å². The summed E-state index contributed by atoms with van der Waals surface area (Å²) in [7, 11) is 0. The number of nitrogens with one attached hydrogen (secondary N) is 1. The number of rotatable bonds is 8. The molecule has 1 heterocycles. The van der Waals surface area contributed by atoms with Gasteiger partial charge in [-0.2, -0.15) is 0 Å². The molecule has 3 heteroatoms. The molecule has 0 bridgehead atoms. The maximum atomic E-state index is 5.75. The number of likely N-dealkylation sites (tertiary alicyclic amines) is 1. The number of hydrogen-bond acceptors (Lipinski definition) is 3. The van der Waals surface area contributed by atoms with Gasteiger partial charge in [0.2, 0.25) is 0 Å². The van der Waals surface area contributed by atoms with E-state index in [9.17, 15) is 0 Å². The van der Waals surface area contributed by atoms with Gasteiger partial charge in [0, 0.05) is 25.7 Å². The Kier molecular flexibility index (Phi) is 7.33. The summed E-state index contributed by atoms with van der Waals surface area (Å²) < 4.78 is 5.75. The molecule has 0 aromatic carbocycles. The van der Waals surface area contributed by atoms with Gasteiger partial charge in [0.1, 0.15) is 0 Å². The van der Waals surface area contributed by atoms with Crippen molar-refractivity contribution >= 4 is 0 Å². The van der Waals surface area contributed by atoms with Gasteiger partial charge in [-0.05, 0) is 66.0 Å². The van der Waals surface area contributed by atoms with Gasteiger partial charge >= 0.3 is 0 Å². The molecule has 114 valence electrons. The third kappa shape index (κ3) is 6.24. The lowest BCUT2D eigenvalue weighted by Gasteiger charge is -2.37. The first-order valence-electron chi connectivity index (χ1n) is 8.08. The molecule has 0 amide bonds. The van der Waals surface area contributed by atoms with E-state index >= 15 is 0 Å². The van der Waals surface area contributed by atoms with E-state index in [0.29, 0.717) is 6.04 Å². The molecule has 2 unspecified atom stereocenters. The Balaban J connectivity index is 2.34. The minimum absolute atomic E-state index is 0.0548. The van der Waals surface area contributed by atoms with E-state index < -0.39 is 0 Å². The van der Waals surface area contributed by atoms with Crippen LogP contribution in [0.15, 0.2) is 0 Å². The Morgan fingerprint density at radius 2 is 2.11 bits per heavy atom. The fourth-order valence-corrected chi connectivity index (χ4v) is 3.03. The standard InChI is InChI=1S/C16H34N2O/c1-6-10-18-11-8-9-15(12-18)14(3)17-13-16(4,5)19-7-2/h14-15,17H,6-13H2,1-5H3. The Morgan fingerprint density at radius 1 is 1.37 bits per heavy atom. The Hall–Kier alpha value is -0.120. The fourth-order valence-electron chi connectivity index (χ4n) is 3.03. The predicted molar refractivity (Wildman–Crippen MR) is 82.6 cm³/mol. The second kappa shape index (κ2) is 8.23. The number of piperidine rings is 1. The molecule has 19 heavy (non-hydrogen) atoms. The van der Waals surface area contributed by atoms with E-state index in [-0.39, 0.29) is 5.60 Å². The smallest absolute Gasteiger partial charge is 0.0750 e. The molecule has 1 saturated heterocycles. The van der Waals surface area contributed by atoms with Crippen molar-refractivity contribution in [1.29, 1.82) is 0 Å². The van der Waals surface area contributed by atoms with Crippen molar-refractivity contribution in [3.63, 3.8) is 0 Å². The SMILES string of the molecule is CCCN1CCCC(C(C)NCC(C)(C)OCC)C1. The van der Waals surface area contributed by atoms with Crippen molar-refractivity contribution in [2.24, 2.45) is 5.92 Å². The average Bonchev–Trinajstić information content (AvgIpc) is 2.37. The van der Waals surface area contributed by atoms with Gasteiger partial charge in [-0.3, -0.25) is 0 Å². The summed E-state index contributed by atoms with van der Waals surface area (Å²) in [5, 5.41) is 3.69. The summed E-state index contributed by atoms with van der Waals surface area (Å²) in [6.45, 7) is 16.5. The third-order valence-electron chi connectivity index (χ3n) is 4.17. The Labute approximate surface area is 120 Å². The molecule has 0 aromatic rings. The molecule has 1 fully saturated rings. The van der Waals surface area contributed by atoms with Crippen LogP contribution in [0.4, 0.5) is 0 Å². The van der Waals surface area contributed by atoms with Crippen molar-refractivity contribution in [1.82, 2.24) is 10.2 Å². The van der Waals surface area contributed by atoms with Crippen LogP contribution < -0.4 is 5.32 Å². The van der Waals surface area contributed by atoms with Crippen LogP contribution in [-0.4, -0.2) is 49.3 Å². The minimum Gasteiger partial charge on any atom is -0.375 e. The zero-order valence-electron chi connectivity index (χ0n) is 13.7. The highest BCUT2D eigenvalue weighted by molar-refractivity contribution is 4.82. The number of ether oxygens (including phenoxy) is 1. The number of nitrogens with zero attached hydrogens (tertiary/aromatic N) is 1. The van der Waals surface area contributed by atoms with E-state index in [4.69, 9.17) is 4.74 Å². The molecule has 1 aliphatic heterocycles. The van der Waals surface area contributed by atoms with E-state index in [1.807, 2.05) is 0 Å². The van der Waals surface area contributed by atoms with E-state index in [1.165, 1.54) is 38.9 Å². The zero-order chi connectivity index (χ0) is 14.3. The van der Waals surface area contributed by atoms with Gasteiger partial charge < -0.3 is 15.0 Å². The molecular formula is C16H34N2O. The van der Waals surface area contributed by atoms with Crippen LogP contribution in [0.1, 0.15) is 53.9 Å². The van der Waals surface area contributed by atoms with E-state index in [0.717, 1.165) is 19.1 Å². The fraction of sp³-hybridized carbons (Fsp3) is 1.00. The first kappa shape index (κ1) is 16.9. The Bertz CT molecular complexity index is 241. The van der Waals surface area contributed by atoms with Crippen molar-refractivity contribution in [2.75, 3.05) is 32.8 Å². The van der Waals surface area contributed by atoms with Gasteiger partial charge in [-0.15, -0.1) is 0 Å². The molecule has 0 spiro atoms. The van der Waals surface area contributed by atoms with Crippen LogP contribution in [0.5, 0.6) is 0 Å². The van der Waals surface area contributed by atoms with Gasteiger partial charge in [-0.1, -0.05) is 6.92 Å². The maximum Gasteiger partial charge on any atom is 0.0750 e. The van der Waals surface area contributed by atoms with Crippen LogP contribution in [-0.2, 0) is 4.74 Å². The van der Waals surface area contributed by atoms with E-state index in [2.05, 4.69) is 44.8 Å². The van der Waals surface area contributed by atoms with Crippen molar-refractivity contribution in [3.8, 4) is 0 Å². The molecule has 2 atom stereocenters. The van der Waals surface area contributed by atoms with Crippen molar-refractivity contribution < 1.29 is 4.74 Å². The first-order valence-corrected chi connectivity index (χ1v) is 8.08. The summed E-state index contributed by atoms with van der Waals surface area (Å²) in [5.74, 6) is 0.790. The predicted octanol–water partition coefficient (Wildman–Crippen LogP) is 2.90. The second-order valence-corrected chi connectivity index (χ2v) is 6.57. The molecule has 1 rings (SSSR count). The normalized spacial score (nSPS) is 23.5. The van der Waals surface area contributed by atoms with Gasteiger partial charge in [0.25, 0.3) is 0 Å². The molecule has 0 aromatic heterocycles. The average molecular weight is 270 g/mol. The molecule has 0 radical (unpaired) electrons. The highest BCUT2D eigenvalue weighted by Gasteiger charge is 2.26. The zero-order valence-corrected chi connectivity index (χ0v) is 13.7. The van der Waals surface area contributed by atoms with E-state index in [1.54, 1.807) is 0 Å². The van der Waals surface area contributed by atoms with Crippen molar-refractivity contribution in [3.05, 3.63) is 0 Å². The quantitative estimate of drug-likeness (QED) is 0.734. The maximum absolute atomic E-state index is 5.75. The molecule has 1 N–H and O–H groups in total. The van der Waals surface area contributed by atoms with Crippen LogP contribution >= 0.6 is 0 Å². The molecule has 0 saturated carbocycles. The second-order valence-electron chi connectivity index (χ2n) is 6.57. The summed E-state index contributed by atoms with van der Waals surface area (Å²) in [6, 6.07) is 0.583. The first-order chi connectivity index (χ1) is 8.98. The van der Waals surface area contributed by atoms with Gasteiger partial charge in [0.15, 0.2) is 0 Å². The highest BCUT2D eigenvalue weighted by Crippen LogP contribution is 2.20. The molecule has 1 aliphatic rings. The summed E-state index contributed by atoms with van der Waals surface area (Å²) in [4.78, 5) is 2.63. The third-order valence-corrected chi connectivity index (χ3v) is 4.17. The largest absolute Gasteiger partial charge is 0.375 e. The molecule has 0 aliphatic carbocycles. The summed E-state index contributed by atoms with van der Waals surface area (Å²) in [5.41, 5.74) is -0.0548. The van der Waals surface area contributed by atoms with Crippen LogP contribution in [0.25, 0.3) is 0 Å². The number of hydrogen-bond donors (Lipinski definition) is 1. The minimum atomic E-state index is -0.0548. The van der Waals surface area contributed by atoms with Gasteiger partial charge in [0.05, 0.1) is 5.60 Å². The van der Waals surface area contributed by atoms with Crippen molar-refractivity contribution in [2.45, 2.75) is 65.5 Å². The molecular weight excluding hydrogens is 236 g/mol. The summed E-state index contributed by atoms with van der Waals surface area (Å²) in [6.07, 6.45) is 3.99. The highest BCUT2D eigenvalue weighted by atomic mass is 16.5. The van der Waals surface area contributed by atoms with Crippen LogP contribution in [0, 0.1) is 5.92 Å². The molecule has 3 nitrogen and oxygen atoms in total. The van der Waals surface area contributed by atoms with Crippen LogP contribution in [0.3, 0.4) is 0 Å². The monoisotopic (exact) mass is 270 g/mol. The Morgan fingerprint density at radius 3 is 2.74 bits per heavy atom. The lowest BCUT2D eigenvalue weighted by molar-refractivity contribution is -0.0124. The topological polar surface area (TPSA) is 24.5 Å². The lowest BCUT2D eigenvalue weighted by atomic mass is 9.91. The van der Waals surface area contributed by atoms with Crippen LogP contribution in [0.2, 0.25) is 0 Å².